The van der Waals surface area contributed by atoms with Crippen molar-refractivity contribution in [2.24, 2.45) is 0 Å². The minimum atomic E-state index is -0.162. The predicted octanol–water partition coefficient (Wildman–Crippen LogP) is 2.91. The second-order valence-corrected chi connectivity index (χ2v) is 6.03. The molecule has 0 radical (unpaired) electrons. The normalized spacial score (nSPS) is 17.0. The molecule has 100 valence electrons. The Labute approximate surface area is 108 Å². The third-order valence-electron chi connectivity index (χ3n) is 3.28. The molecular weight excluding hydrogens is 228 g/mol. The van der Waals surface area contributed by atoms with Crippen LogP contribution in [0.15, 0.2) is 4.42 Å². The minimum Gasteiger partial charge on any atom is -0.445 e. The molecule has 18 heavy (non-hydrogen) atoms. The molecule has 1 amide bonds. The van der Waals surface area contributed by atoms with Gasteiger partial charge in [0.1, 0.15) is 5.76 Å². The van der Waals surface area contributed by atoms with Crippen LogP contribution < -0.4 is 0 Å². The largest absolute Gasteiger partial charge is 0.445 e. The van der Waals surface area contributed by atoms with Gasteiger partial charge >= 0.3 is 0 Å². The van der Waals surface area contributed by atoms with Gasteiger partial charge in [0.05, 0.1) is 0 Å². The zero-order valence-corrected chi connectivity index (χ0v) is 11.7. The zero-order chi connectivity index (χ0) is 13.3. The molecule has 1 aromatic rings. The van der Waals surface area contributed by atoms with Crippen molar-refractivity contribution in [3.63, 3.8) is 0 Å². The molecule has 4 heteroatoms. The maximum Gasteiger partial charge on any atom is 0.276 e. The van der Waals surface area contributed by atoms with Gasteiger partial charge in [-0.15, -0.1) is 0 Å². The number of rotatable bonds is 1. The van der Waals surface area contributed by atoms with E-state index in [9.17, 15) is 4.79 Å². The molecule has 0 unspecified atom stereocenters. The van der Waals surface area contributed by atoms with E-state index < -0.39 is 0 Å². The first kappa shape index (κ1) is 13.1. The van der Waals surface area contributed by atoms with Crippen molar-refractivity contribution >= 4 is 5.91 Å². The van der Waals surface area contributed by atoms with Crippen molar-refractivity contribution in [3.8, 4) is 0 Å². The van der Waals surface area contributed by atoms with E-state index in [2.05, 4.69) is 4.98 Å². The lowest BCUT2D eigenvalue weighted by molar-refractivity contribution is 0.0717. The van der Waals surface area contributed by atoms with E-state index in [1.54, 1.807) is 0 Å². The summed E-state index contributed by atoms with van der Waals surface area (Å²) in [7, 11) is 0. The van der Waals surface area contributed by atoms with Crippen LogP contribution in [0, 0.1) is 6.92 Å². The average molecular weight is 250 g/mol. The topological polar surface area (TPSA) is 46.3 Å². The second kappa shape index (κ2) is 4.75. The lowest BCUT2D eigenvalue weighted by Crippen LogP contribution is -2.36. The standard InChI is InChI=1S/C14H22N2O2/c1-10-11(15-13(18-10)14(2,3)4)12(17)16-8-6-5-7-9-16/h5-9H2,1-4H3. The number of amides is 1. The zero-order valence-electron chi connectivity index (χ0n) is 11.7. The van der Waals surface area contributed by atoms with Crippen molar-refractivity contribution in [2.75, 3.05) is 13.1 Å². The molecular formula is C14H22N2O2. The Morgan fingerprint density at radius 1 is 1.22 bits per heavy atom. The van der Waals surface area contributed by atoms with Crippen molar-refractivity contribution in [3.05, 3.63) is 17.3 Å². The lowest BCUT2D eigenvalue weighted by atomic mass is 9.97. The first-order valence-corrected chi connectivity index (χ1v) is 6.67. The van der Waals surface area contributed by atoms with E-state index in [0.29, 0.717) is 17.3 Å². The highest BCUT2D eigenvalue weighted by atomic mass is 16.4. The number of oxazole rings is 1. The third-order valence-corrected chi connectivity index (χ3v) is 3.28. The molecule has 1 saturated heterocycles. The summed E-state index contributed by atoms with van der Waals surface area (Å²) in [6.07, 6.45) is 3.40. The summed E-state index contributed by atoms with van der Waals surface area (Å²) in [4.78, 5) is 18.7. The first-order chi connectivity index (χ1) is 8.39. The maximum absolute atomic E-state index is 12.4. The molecule has 0 aromatic carbocycles. The molecule has 0 N–H and O–H groups in total. The van der Waals surface area contributed by atoms with Gasteiger partial charge in [0, 0.05) is 18.5 Å². The Morgan fingerprint density at radius 2 is 1.83 bits per heavy atom. The highest BCUT2D eigenvalue weighted by Gasteiger charge is 2.28. The molecule has 0 bridgehead atoms. The first-order valence-electron chi connectivity index (χ1n) is 6.67. The van der Waals surface area contributed by atoms with E-state index in [1.807, 2.05) is 32.6 Å². The Kier molecular flexibility index (Phi) is 3.46. The molecule has 4 nitrogen and oxygen atoms in total. The monoisotopic (exact) mass is 250 g/mol. The van der Waals surface area contributed by atoms with Gasteiger partial charge in [-0.25, -0.2) is 4.98 Å². The number of hydrogen-bond acceptors (Lipinski definition) is 3. The van der Waals surface area contributed by atoms with Gasteiger partial charge in [-0.3, -0.25) is 4.79 Å². The maximum atomic E-state index is 12.4. The van der Waals surface area contributed by atoms with Crippen LogP contribution in [-0.4, -0.2) is 28.9 Å². The fraction of sp³-hybridized carbons (Fsp3) is 0.714. The van der Waals surface area contributed by atoms with Crippen LogP contribution in [0.1, 0.15) is 62.2 Å². The molecule has 1 aromatic heterocycles. The summed E-state index contributed by atoms with van der Waals surface area (Å²) in [6.45, 7) is 9.61. The van der Waals surface area contributed by atoms with Crippen molar-refractivity contribution in [1.29, 1.82) is 0 Å². The molecule has 0 spiro atoms. The Morgan fingerprint density at radius 3 is 2.33 bits per heavy atom. The third kappa shape index (κ3) is 2.57. The van der Waals surface area contributed by atoms with Gasteiger partial charge in [0.15, 0.2) is 5.69 Å². The van der Waals surface area contributed by atoms with Crippen LogP contribution >= 0.6 is 0 Å². The lowest BCUT2D eigenvalue weighted by Gasteiger charge is -2.25. The van der Waals surface area contributed by atoms with Gasteiger partial charge in [0.2, 0.25) is 5.89 Å². The van der Waals surface area contributed by atoms with Gasteiger partial charge in [-0.2, -0.15) is 0 Å². The summed E-state index contributed by atoms with van der Waals surface area (Å²) in [5, 5.41) is 0. The predicted molar refractivity (Wildman–Crippen MR) is 69.7 cm³/mol. The fourth-order valence-electron chi connectivity index (χ4n) is 2.16. The second-order valence-electron chi connectivity index (χ2n) is 6.03. The number of nitrogens with zero attached hydrogens (tertiary/aromatic N) is 2. The van der Waals surface area contributed by atoms with Crippen molar-refractivity contribution in [1.82, 2.24) is 9.88 Å². The Balaban J connectivity index is 2.22. The number of carbonyl (C=O) groups excluding carboxylic acids is 1. The van der Waals surface area contributed by atoms with Crippen molar-refractivity contribution in [2.45, 2.75) is 52.4 Å². The molecule has 2 heterocycles. The summed E-state index contributed by atoms with van der Waals surface area (Å²) in [5.74, 6) is 1.29. The van der Waals surface area contributed by atoms with Crippen molar-refractivity contribution < 1.29 is 9.21 Å². The smallest absolute Gasteiger partial charge is 0.276 e. The SMILES string of the molecule is Cc1oc(C(C)(C)C)nc1C(=O)N1CCCCC1. The van der Waals surface area contributed by atoms with Gasteiger partial charge in [0.25, 0.3) is 5.91 Å². The Hall–Kier alpha value is -1.32. The molecule has 2 rings (SSSR count). The van der Waals surface area contributed by atoms with Gasteiger partial charge in [-0.05, 0) is 26.2 Å². The summed E-state index contributed by atoms with van der Waals surface area (Å²) in [5.41, 5.74) is 0.326. The number of hydrogen-bond donors (Lipinski definition) is 0. The van der Waals surface area contributed by atoms with Crippen LogP contribution in [-0.2, 0) is 5.41 Å². The molecule has 0 aliphatic carbocycles. The van der Waals surface area contributed by atoms with E-state index >= 15 is 0 Å². The fourth-order valence-corrected chi connectivity index (χ4v) is 2.16. The van der Waals surface area contributed by atoms with E-state index in [-0.39, 0.29) is 11.3 Å². The molecule has 1 aliphatic heterocycles. The minimum absolute atomic E-state index is 0.0199. The van der Waals surface area contributed by atoms with Crippen LogP contribution in [0.25, 0.3) is 0 Å². The highest BCUT2D eigenvalue weighted by molar-refractivity contribution is 5.93. The van der Waals surface area contributed by atoms with Gasteiger partial charge in [-0.1, -0.05) is 20.8 Å². The number of aryl methyl sites for hydroxylation is 1. The van der Waals surface area contributed by atoms with Crippen LogP contribution in [0.2, 0.25) is 0 Å². The Bertz CT molecular complexity index is 437. The quantitative estimate of drug-likeness (QED) is 0.770. The van der Waals surface area contributed by atoms with Crippen LogP contribution in [0.5, 0.6) is 0 Å². The summed E-state index contributed by atoms with van der Waals surface area (Å²) in [6, 6.07) is 0. The number of aromatic nitrogens is 1. The van der Waals surface area contributed by atoms with Crippen LogP contribution in [0.4, 0.5) is 0 Å². The average Bonchev–Trinajstić information content (AvgIpc) is 2.71. The van der Waals surface area contributed by atoms with E-state index in [4.69, 9.17) is 4.42 Å². The number of likely N-dealkylation sites (tertiary alicyclic amines) is 1. The van der Waals surface area contributed by atoms with Crippen LogP contribution in [0.3, 0.4) is 0 Å². The highest BCUT2D eigenvalue weighted by Crippen LogP contribution is 2.24. The molecule has 0 atom stereocenters. The van der Waals surface area contributed by atoms with E-state index in [0.717, 1.165) is 25.9 Å². The summed E-state index contributed by atoms with van der Waals surface area (Å²) >= 11 is 0. The molecule has 1 aliphatic rings. The number of piperidine rings is 1. The van der Waals surface area contributed by atoms with E-state index in [1.165, 1.54) is 6.42 Å². The number of carbonyl (C=O) groups is 1. The molecule has 1 fully saturated rings. The summed E-state index contributed by atoms with van der Waals surface area (Å²) < 4.78 is 5.63. The molecule has 0 saturated carbocycles. The van der Waals surface area contributed by atoms with Gasteiger partial charge < -0.3 is 9.32 Å².